The van der Waals surface area contributed by atoms with Crippen molar-refractivity contribution in [3.05, 3.63) is 77.1 Å². The predicted octanol–water partition coefficient (Wildman–Crippen LogP) is 3.12. The Kier molecular flexibility index (Phi) is 7.72. The number of aromatic nitrogens is 2. The number of hydrogen-bond donors (Lipinski definition) is 2. The maximum Gasteiger partial charge on any atom is 0.254 e. The fraction of sp³-hybridized carbons (Fsp3) is 0.292. The number of hydrogen-bond acceptors (Lipinski definition) is 5. The van der Waals surface area contributed by atoms with Gasteiger partial charge in [-0.1, -0.05) is 29.8 Å². The average molecular weight is 468 g/mol. The molecule has 1 fully saturated rings. The third kappa shape index (κ3) is 6.64. The largest absolute Gasteiger partial charge is 0.379 e. The molecule has 2 aromatic carbocycles. The number of carbonyl (C=O) groups excluding carboxylic acids is 2. The second-order valence-corrected chi connectivity index (χ2v) is 8.23. The van der Waals surface area contributed by atoms with Gasteiger partial charge in [0, 0.05) is 49.5 Å². The van der Waals surface area contributed by atoms with Crippen LogP contribution >= 0.6 is 11.6 Å². The fourth-order valence-electron chi connectivity index (χ4n) is 3.55. The Bertz CT molecular complexity index is 1110. The molecule has 1 aliphatic rings. The Morgan fingerprint density at radius 2 is 1.91 bits per heavy atom. The van der Waals surface area contributed by atoms with Crippen LogP contribution in [0.3, 0.4) is 0 Å². The summed E-state index contributed by atoms with van der Waals surface area (Å²) in [5.74, 6) is -0.265. The zero-order valence-electron chi connectivity index (χ0n) is 18.2. The highest BCUT2D eigenvalue weighted by molar-refractivity contribution is 6.30. The van der Waals surface area contributed by atoms with E-state index in [0.29, 0.717) is 35.8 Å². The highest BCUT2D eigenvalue weighted by Crippen LogP contribution is 2.15. The van der Waals surface area contributed by atoms with Gasteiger partial charge in [0.2, 0.25) is 5.91 Å². The molecule has 9 heteroatoms. The van der Waals surface area contributed by atoms with E-state index in [2.05, 4.69) is 20.6 Å². The first kappa shape index (κ1) is 23.0. The van der Waals surface area contributed by atoms with Crippen molar-refractivity contribution >= 4 is 29.1 Å². The molecule has 8 nitrogen and oxygen atoms in total. The van der Waals surface area contributed by atoms with Gasteiger partial charge in [-0.15, -0.1) is 0 Å². The van der Waals surface area contributed by atoms with E-state index in [9.17, 15) is 9.59 Å². The molecule has 0 aliphatic carbocycles. The zero-order valence-corrected chi connectivity index (χ0v) is 18.9. The Hall–Kier alpha value is -3.20. The fourth-order valence-corrected chi connectivity index (χ4v) is 3.74. The van der Waals surface area contributed by atoms with E-state index < -0.39 is 0 Å². The van der Waals surface area contributed by atoms with E-state index in [1.807, 2.05) is 36.4 Å². The van der Waals surface area contributed by atoms with Crippen molar-refractivity contribution in [2.24, 2.45) is 0 Å². The number of morpholine rings is 1. The lowest BCUT2D eigenvalue weighted by Gasteiger charge is -2.26. The molecule has 0 radical (unpaired) electrons. The van der Waals surface area contributed by atoms with Crippen molar-refractivity contribution < 1.29 is 14.3 Å². The van der Waals surface area contributed by atoms with Crippen LogP contribution < -0.4 is 10.6 Å². The summed E-state index contributed by atoms with van der Waals surface area (Å²) < 4.78 is 6.93. The van der Waals surface area contributed by atoms with Gasteiger partial charge in [0.1, 0.15) is 0 Å². The number of anilines is 1. The summed E-state index contributed by atoms with van der Waals surface area (Å²) in [4.78, 5) is 27.1. The van der Waals surface area contributed by atoms with Gasteiger partial charge >= 0.3 is 0 Å². The Morgan fingerprint density at radius 3 is 2.73 bits per heavy atom. The quantitative estimate of drug-likeness (QED) is 0.531. The summed E-state index contributed by atoms with van der Waals surface area (Å²) in [5, 5.41) is 10.7. The number of ether oxygens (including phenoxy) is 1. The van der Waals surface area contributed by atoms with E-state index in [1.54, 1.807) is 23.0 Å². The minimum absolute atomic E-state index is 0.0314. The number of nitrogens with one attached hydrogen (secondary N) is 2. The summed E-state index contributed by atoms with van der Waals surface area (Å²) in [6.45, 7) is 4.21. The first-order valence-corrected chi connectivity index (χ1v) is 11.2. The molecule has 2 amide bonds. The van der Waals surface area contributed by atoms with E-state index in [0.717, 1.165) is 37.6 Å². The molecule has 4 rings (SSSR count). The van der Waals surface area contributed by atoms with Crippen LogP contribution in [0.1, 0.15) is 22.3 Å². The van der Waals surface area contributed by atoms with E-state index in [1.165, 1.54) is 6.20 Å². The predicted molar refractivity (Wildman–Crippen MR) is 127 cm³/mol. The zero-order chi connectivity index (χ0) is 23.0. The molecule has 172 valence electrons. The molecular weight excluding hydrogens is 442 g/mol. The third-order valence-electron chi connectivity index (χ3n) is 5.34. The van der Waals surface area contributed by atoms with Crippen molar-refractivity contribution in [2.45, 2.75) is 13.0 Å². The molecule has 0 saturated carbocycles. The third-order valence-corrected chi connectivity index (χ3v) is 5.58. The molecule has 1 saturated heterocycles. The number of amides is 2. The lowest BCUT2D eigenvalue weighted by Crippen LogP contribution is -2.38. The van der Waals surface area contributed by atoms with Crippen LogP contribution in [-0.4, -0.2) is 59.3 Å². The molecule has 1 aliphatic heterocycles. The molecular formula is C24H26ClN5O3. The number of benzene rings is 2. The van der Waals surface area contributed by atoms with Crippen LogP contribution in [0.25, 0.3) is 5.69 Å². The Balaban J connectivity index is 1.28. The smallest absolute Gasteiger partial charge is 0.254 e. The summed E-state index contributed by atoms with van der Waals surface area (Å²) in [6.07, 6.45) is 3.60. The molecule has 0 bridgehead atoms. The van der Waals surface area contributed by atoms with Crippen molar-refractivity contribution in [1.82, 2.24) is 20.0 Å². The van der Waals surface area contributed by atoms with Gasteiger partial charge in [-0.25, -0.2) is 4.68 Å². The summed E-state index contributed by atoms with van der Waals surface area (Å²) >= 11 is 6.03. The number of rotatable bonds is 8. The molecule has 0 atom stereocenters. The number of halogens is 1. The number of nitrogens with zero attached hydrogens (tertiary/aromatic N) is 3. The van der Waals surface area contributed by atoms with Crippen molar-refractivity contribution in [3.63, 3.8) is 0 Å². The highest BCUT2D eigenvalue weighted by atomic mass is 35.5. The van der Waals surface area contributed by atoms with Gasteiger partial charge in [0.05, 0.1) is 30.7 Å². The monoisotopic (exact) mass is 467 g/mol. The van der Waals surface area contributed by atoms with Gasteiger partial charge in [0.25, 0.3) is 5.91 Å². The van der Waals surface area contributed by atoms with Gasteiger partial charge in [0.15, 0.2) is 0 Å². The second-order valence-electron chi connectivity index (χ2n) is 7.79. The maximum absolute atomic E-state index is 12.6. The van der Waals surface area contributed by atoms with Gasteiger partial charge in [-0.05, 0) is 35.9 Å². The van der Waals surface area contributed by atoms with Gasteiger partial charge < -0.3 is 15.4 Å². The minimum Gasteiger partial charge on any atom is -0.379 e. The van der Waals surface area contributed by atoms with Crippen molar-refractivity contribution in [2.75, 3.05) is 38.2 Å². The van der Waals surface area contributed by atoms with Crippen LogP contribution in [0, 0.1) is 0 Å². The molecule has 0 unspecified atom stereocenters. The molecule has 2 N–H and O–H groups in total. The molecule has 1 aromatic heterocycles. The van der Waals surface area contributed by atoms with Crippen LogP contribution in [0.5, 0.6) is 0 Å². The minimum atomic E-state index is -0.233. The molecule has 3 aromatic rings. The van der Waals surface area contributed by atoms with Gasteiger partial charge in [-0.3, -0.25) is 14.5 Å². The SMILES string of the molecule is O=C(CCN1CCOCC1)Nc1cccc(CNC(=O)c2cnn(-c3cccc(Cl)c3)c2)c1. The lowest BCUT2D eigenvalue weighted by atomic mass is 10.2. The standard InChI is InChI=1S/C24H26ClN5O3/c25-20-4-2-6-22(14-20)30-17-19(16-27-30)24(32)26-15-18-3-1-5-21(13-18)28-23(31)7-8-29-9-11-33-12-10-29/h1-6,13-14,16-17H,7-12,15H2,(H,26,32)(H,28,31). The molecule has 33 heavy (non-hydrogen) atoms. The van der Waals surface area contributed by atoms with Crippen molar-refractivity contribution in [3.8, 4) is 5.69 Å². The van der Waals surface area contributed by atoms with Crippen LogP contribution in [0.2, 0.25) is 5.02 Å². The maximum atomic E-state index is 12.6. The topological polar surface area (TPSA) is 88.5 Å². The Labute approximate surface area is 197 Å². The van der Waals surface area contributed by atoms with Crippen LogP contribution in [-0.2, 0) is 16.1 Å². The van der Waals surface area contributed by atoms with Crippen LogP contribution in [0.4, 0.5) is 5.69 Å². The summed E-state index contributed by atoms with van der Waals surface area (Å²) in [7, 11) is 0. The Morgan fingerprint density at radius 1 is 1.09 bits per heavy atom. The normalized spacial score (nSPS) is 14.1. The van der Waals surface area contributed by atoms with Crippen LogP contribution in [0.15, 0.2) is 60.9 Å². The van der Waals surface area contributed by atoms with E-state index >= 15 is 0 Å². The summed E-state index contributed by atoms with van der Waals surface area (Å²) in [5.41, 5.74) is 2.82. The van der Waals surface area contributed by atoms with E-state index in [4.69, 9.17) is 16.3 Å². The molecule has 2 heterocycles. The number of carbonyl (C=O) groups is 2. The highest BCUT2D eigenvalue weighted by Gasteiger charge is 2.13. The van der Waals surface area contributed by atoms with Crippen molar-refractivity contribution in [1.29, 1.82) is 0 Å². The second kappa shape index (κ2) is 11.1. The first-order valence-electron chi connectivity index (χ1n) is 10.8. The average Bonchev–Trinajstić information content (AvgIpc) is 3.33. The lowest BCUT2D eigenvalue weighted by molar-refractivity contribution is -0.116. The van der Waals surface area contributed by atoms with E-state index in [-0.39, 0.29) is 11.8 Å². The summed E-state index contributed by atoms with van der Waals surface area (Å²) in [6, 6.07) is 14.7. The van der Waals surface area contributed by atoms with Gasteiger partial charge in [-0.2, -0.15) is 5.10 Å². The first-order chi connectivity index (χ1) is 16.1. The molecule has 0 spiro atoms.